The van der Waals surface area contributed by atoms with Crippen LogP contribution in [0.5, 0.6) is 5.75 Å². The molecular formula is C24H29BNO2. The van der Waals surface area contributed by atoms with Gasteiger partial charge in [-0.15, -0.1) is 12.8 Å². The molecule has 1 amide bonds. The van der Waals surface area contributed by atoms with Crippen LogP contribution in [0, 0.1) is 19.8 Å². The van der Waals surface area contributed by atoms with E-state index < -0.39 is 0 Å². The van der Waals surface area contributed by atoms with Crippen LogP contribution in [0.1, 0.15) is 43.9 Å². The lowest BCUT2D eigenvalue weighted by molar-refractivity contribution is -0.118. The molecule has 1 radical (unpaired) electrons. The Labute approximate surface area is 170 Å². The van der Waals surface area contributed by atoms with Crippen LogP contribution in [-0.4, -0.2) is 20.4 Å². The summed E-state index contributed by atoms with van der Waals surface area (Å²) in [6.45, 7) is 8.54. The second-order valence-electron chi connectivity index (χ2n) is 7.38. The van der Waals surface area contributed by atoms with Crippen molar-refractivity contribution in [3.63, 3.8) is 0 Å². The Morgan fingerprint density at radius 1 is 1.18 bits per heavy atom. The molecule has 0 heterocycles. The van der Waals surface area contributed by atoms with Gasteiger partial charge >= 0.3 is 0 Å². The molecule has 0 bridgehead atoms. The number of rotatable bonds is 6. The number of methoxy groups -OCH3 is 1. The lowest BCUT2D eigenvalue weighted by Crippen LogP contribution is -2.36. The summed E-state index contributed by atoms with van der Waals surface area (Å²) in [5.41, 5.74) is 4.42. The molecule has 0 saturated heterocycles. The molecule has 0 unspecified atom stereocenters. The van der Waals surface area contributed by atoms with Crippen molar-refractivity contribution in [1.82, 2.24) is 5.23 Å². The van der Waals surface area contributed by atoms with Crippen molar-refractivity contribution in [3.05, 3.63) is 65.2 Å². The third-order valence-corrected chi connectivity index (χ3v) is 4.27. The number of benzene rings is 2. The van der Waals surface area contributed by atoms with Crippen LogP contribution in [0.4, 0.5) is 0 Å². The van der Waals surface area contributed by atoms with E-state index in [1.807, 2.05) is 36.4 Å². The van der Waals surface area contributed by atoms with Crippen LogP contribution in [0.25, 0.3) is 6.08 Å². The molecular weight excluding hydrogens is 345 g/mol. The van der Waals surface area contributed by atoms with Gasteiger partial charge in [0.15, 0.2) is 0 Å². The average Bonchev–Trinajstić information content (AvgIpc) is 2.68. The summed E-state index contributed by atoms with van der Waals surface area (Å²) in [4.78, 5) is 12.1. The molecule has 1 N–H and O–H groups in total. The zero-order valence-electron chi connectivity index (χ0n) is 17.5. The normalized spacial score (nSPS) is 10.7. The molecule has 0 saturated carbocycles. The summed E-state index contributed by atoms with van der Waals surface area (Å²) >= 11 is 0. The minimum absolute atomic E-state index is 0.0369. The topological polar surface area (TPSA) is 38.3 Å². The second-order valence-corrected chi connectivity index (χ2v) is 7.38. The number of terminal acetylenes is 1. The Morgan fingerprint density at radius 2 is 1.86 bits per heavy atom. The van der Waals surface area contributed by atoms with Crippen molar-refractivity contribution < 1.29 is 9.53 Å². The van der Waals surface area contributed by atoms with Crippen molar-refractivity contribution in [1.29, 1.82) is 0 Å². The van der Waals surface area contributed by atoms with Crippen LogP contribution in [0.3, 0.4) is 0 Å². The molecule has 0 aliphatic heterocycles. The second kappa shape index (κ2) is 11.0. The molecule has 0 aliphatic rings. The Kier molecular flexibility index (Phi) is 9.11. The van der Waals surface area contributed by atoms with E-state index in [2.05, 4.69) is 64.0 Å². The maximum absolute atomic E-state index is 12.1. The lowest BCUT2D eigenvalue weighted by Gasteiger charge is -2.21. The number of amides is 1. The zero-order valence-corrected chi connectivity index (χ0v) is 17.5. The molecule has 0 fully saturated rings. The Balaban J connectivity index is 0.00000190. The van der Waals surface area contributed by atoms with Gasteiger partial charge in [-0.1, -0.05) is 69.3 Å². The van der Waals surface area contributed by atoms with E-state index in [4.69, 9.17) is 4.74 Å². The maximum Gasteiger partial charge on any atom is 0.288 e. The molecule has 4 heteroatoms. The van der Waals surface area contributed by atoms with E-state index in [-0.39, 0.29) is 11.3 Å². The highest BCUT2D eigenvalue weighted by Crippen LogP contribution is 2.23. The summed E-state index contributed by atoms with van der Waals surface area (Å²) in [5.74, 6) is 0.687. The van der Waals surface area contributed by atoms with Crippen molar-refractivity contribution >= 4 is 24.9 Å². The first-order valence-electron chi connectivity index (χ1n) is 9.18. The number of carbonyl (C=O) groups is 1. The molecule has 0 spiro atoms. The number of ether oxygens (including phenoxy) is 1. The minimum Gasteiger partial charge on any atom is -0.497 e. The average molecular weight is 374 g/mol. The first-order chi connectivity index (χ1) is 13.3. The molecule has 145 valence electrons. The van der Waals surface area contributed by atoms with Crippen molar-refractivity contribution in [2.45, 2.75) is 39.5 Å². The zero-order chi connectivity index (χ0) is 21.2. The van der Waals surface area contributed by atoms with Gasteiger partial charge in [0, 0.05) is 6.42 Å². The standard InChI is InChI=1S/C22H27BNO2.C2H2/c1-16-9-6-7-10-17(16)11-8-12-21(25)24-23-19-15-18(22(2,3)4)13-14-20(19)26-5;1-2/h6-11,13-15H,12H2,1-5H3,(H,24,25);1-2H/b11-8-;. The molecule has 2 aromatic rings. The molecule has 0 atom stereocenters. The summed E-state index contributed by atoms with van der Waals surface area (Å²) in [7, 11) is 3.36. The molecule has 28 heavy (non-hydrogen) atoms. The van der Waals surface area contributed by atoms with Crippen LogP contribution in [0.2, 0.25) is 0 Å². The third kappa shape index (κ3) is 7.00. The Bertz CT molecular complexity index is 832. The van der Waals surface area contributed by atoms with Gasteiger partial charge in [-0.05, 0) is 40.6 Å². The van der Waals surface area contributed by atoms with E-state index in [1.165, 1.54) is 11.1 Å². The van der Waals surface area contributed by atoms with Crippen LogP contribution >= 0.6 is 0 Å². The van der Waals surface area contributed by atoms with Gasteiger partial charge in [0.2, 0.25) is 5.91 Å². The maximum atomic E-state index is 12.1. The SMILES string of the molecule is C#C.COc1ccc(C(C)(C)C)cc1[B]NC(=O)C/C=C\c1ccccc1C. The first kappa shape index (κ1) is 23.1. The monoisotopic (exact) mass is 374 g/mol. The van der Waals surface area contributed by atoms with Gasteiger partial charge in [0.1, 0.15) is 5.75 Å². The lowest BCUT2D eigenvalue weighted by atomic mass is 9.77. The van der Waals surface area contributed by atoms with Gasteiger partial charge in [-0.2, -0.15) is 0 Å². The van der Waals surface area contributed by atoms with Gasteiger partial charge in [-0.25, -0.2) is 0 Å². The van der Waals surface area contributed by atoms with E-state index in [1.54, 1.807) is 14.5 Å². The van der Waals surface area contributed by atoms with Gasteiger partial charge in [0.05, 0.1) is 7.11 Å². The highest BCUT2D eigenvalue weighted by Gasteiger charge is 2.16. The quantitative estimate of drug-likeness (QED) is 0.613. The summed E-state index contributed by atoms with van der Waals surface area (Å²) in [6.07, 6.45) is 12.2. The van der Waals surface area contributed by atoms with Crippen molar-refractivity contribution in [3.8, 4) is 18.6 Å². The van der Waals surface area contributed by atoms with E-state index in [0.717, 1.165) is 16.8 Å². The highest BCUT2D eigenvalue weighted by atomic mass is 16.5. The summed E-state index contributed by atoms with van der Waals surface area (Å²) in [5, 5.41) is 2.86. The van der Waals surface area contributed by atoms with Gasteiger partial charge < -0.3 is 9.96 Å². The van der Waals surface area contributed by atoms with Crippen LogP contribution < -0.4 is 15.4 Å². The smallest absolute Gasteiger partial charge is 0.288 e. The van der Waals surface area contributed by atoms with Gasteiger partial charge in [-0.3, -0.25) is 4.79 Å². The predicted octanol–water partition coefficient (Wildman–Crippen LogP) is 4.01. The molecule has 3 nitrogen and oxygen atoms in total. The van der Waals surface area contributed by atoms with Gasteiger partial charge in [0.25, 0.3) is 7.41 Å². The fourth-order valence-electron chi connectivity index (χ4n) is 2.60. The summed E-state index contributed by atoms with van der Waals surface area (Å²) < 4.78 is 5.40. The van der Waals surface area contributed by atoms with E-state index in [9.17, 15) is 4.79 Å². The Hall–Kier alpha value is -2.93. The number of hydrogen-bond acceptors (Lipinski definition) is 2. The molecule has 0 aromatic heterocycles. The van der Waals surface area contributed by atoms with Crippen molar-refractivity contribution in [2.24, 2.45) is 0 Å². The highest BCUT2D eigenvalue weighted by molar-refractivity contribution is 6.55. The van der Waals surface area contributed by atoms with E-state index in [0.29, 0.717) is 6.42 Å². The number of carbonyl (C=O) groups excluding carboxylic acids is 1. The Morgan fingerprint density at radius 3 is 2.46 bits per heavy atom. The van der Waals surface area contributed by atoms with Crippen LogP contribution in [-0.2, 0) is 10.2 Å². The first-order valence-corrected chi connectivity index (χ1v) is 9.18. The molecule has 2 aromatic carbocycles. The molecule has 2 rings (SSSR count). The van der Waals surface area contributed by atoms with Crippen molar-refractivity contribution in [2.75, 3.05) is 7.11 Å². The fourth-order valence-corrected chi connectivity index (χ4v) is 2.60. The fraction of sp³-hybridized carbons (Fsp3) is 0.292. The van der Waals surface area contributed by atoms with E-state index >= 15 is 0 Å². The number of nitrogens with one attached hydrogen (secondary N) is 1. The predicted molar refractivity (Wildman–Crippen MR) is 120 cm³/mol. The molecule has 0 aliphatic carbocycles. The number of aryl methyl sites for hydroxylation is 1. The van der Waals surface area contributed by atoms with Crippen LogP contribution in [0.15, 0.2) is 48.5 Å². The summed E-state index contributed by atoms with van der Waals surface area (Å²) in [6, 6.07) is 14.2. The third-order valence-electron chi connectivity index (χ3n) is 4.27. The largest absolute Gasteiger partial charge is 0.497 e. The number of hydrogen-bond donors (Lipinski definition) is 1. The minimum atomic E-state index is -0.0574.